The first-order chi connectivity index (χ1) is 12.2. The lowest BCUT2D eigenvalue weighted by Crippen LogP contribution is -2.32. The number of hydrogen-bond donors (Lipinski definition) is 1. The highest BCUT2D eigenvalue weighted by Gasteiger charge is 2.32. The lowest BCUT2D eigenvalue weighted by molar-refractivity contribution is 0.0892. The molecular weight excluding hydrogens is 318 g/mol. The van der Waals surface area contributed by atoms with E-state index in [1.54, 1.807) is 7.11 Å². The minimum Gasteiger partial charge on any atom is -0.497 e. The maximum atomic E-state index is 6.03. The van der Waals surface area contributed by atoms with E-state index in [9.17, 15) is 0 Å². The van der Waals surface area contributed by atoms with Crippen LogP contribution < -0.4 is 14.8 Å². The third kappa shape index (κ3) is 3.12. The number of fused-ring (bicyclic) bond motifs is 1. The van der Waals surface area contributed by atoms with Crippen molar-refractivity contribution >= 4 is 0 Å². The van der Waals surface area contributed by atoms with E-state index >= 15 is 0 Å². The first-order valence-corrected chi connectivity index (χ1v) is 8.84. The highest BCUT2D eigenvalue weighted by molar-refractivity contribution is 5.49. The van der Waals surface area contributed by atoms with E-state index in [1.807, 2.05) is 24.0 Å². The summed E-state index contributed by atoms with van der Waals surface area (Å²) in [4.78, 5) is 4.45. The quantitative estimate of drug-likeness (QED) is 0.903. The third-order valence-electron chi connectivity index (χ3n) is 5.04. The van der Waals surface area contributed by atoms with Gasteiger partial charge in [-0.25, -0.2) is 4.98 Å². The van der Waals surface area contributed by atoms with Crippen molar-refractivity contribution in [1.29, 1.82) is 0 Å². The van der Waals surface area contributed by atoms with Crippen LogP contribution in [0.4, 0.5) is 0 Å². The second kappa shape index (κ2) is 6.69. The Kier molecular flexibility index (Phi) is 4.39. The molecule has 3 heterocycles. The van der Waals surface area contributed by atoms with E-state index in [4.69, 9.17) is 14.2 Å². The summed E-state index contributed by atoms with van der Waals surface area (Å²) < 4.78 is 19.4. The Balaban J connectivity index is 1.52. The maximum absolute atomic E-state index is 6.03. The molecule has 0 saturated carbocycles. The van der Waals surface area contributed by atoms with Gasteiger partial charge < -0.3 is 24.1 Å². The second-order valence-electron chi connectivity index (χ2n) is 6.87. The molecule has 25 heavy (non-hydrogen) atoms. The topological polar surface area (TPSA) is 57.5 Å². The van der Waals surface area contributed by atoms with Gasteiger partial charge in [0.15, 0.2) is 0 Å². The molecule has 2 aliphatic heterocycles. The largest absolute Gasteiger partial charge is 0.497 e. The molecule has 2 aromatic rings. The second-order valence-corrected chi connectivity index (χ2v) is 6.87. The summed E-state index contributed by atoms with van der Waals surface area (Å²) in [5.74, 6) is 2.86. The fourth-order valence-electron chi connectivity index (χ4n) is 3.77. The minimum atomic E-state index is -0.0153. The summed E-state index contributed by atoms with van der Waals surface area (Å²) in [5.41, 5.74) is 2.37. The molecular formula is C19H25N3O3. The van der Waals surface area contributed by atoms with Gasteiger partial charge in [-0.15, -0.1) is 0 Å². The number of methoxy groups -OCH3 is 1. The fraction of sp³-hybridized carbons (Fsp3) is 0.526. The van der Waals surface area contributed by atoms with Crippen LogP contribution in [0.3, 0.4) is 0 Å². The minimum absolute atomic E-state index is 0.0153. The van der Waals surface area contributed by atoms with E-state index in [0.29, 0.717) is 0 Å². The molecule has 4 rings (SSSR count). The van der Waals surface area contributed by atoms with E-state index in [1.165, 1.54) is 5.56 Å². The van der Waals surface area contributed by atoms with E-state index < -0.39 is 0 Å². The molecule has 0 bridgehead atoms. The number of rotatable bonds is 5. The van der Waals surface area contributed by atoms with E-state index in [-0.39, 0.29) is 18.2 Å². The summed E-state index contributed by atoms with van der Waals surface area (Å²) in [6, 6.07) is 4.38. The van der Waals surface area contributed by atoms with E-state index in [2.05, 4.69) is 29.4 Å². The Bertz CT molecular complexity index is 758. The predicted molar refractivity (Wildman–Crippen MR) is 93.9 cm³/mol. The molecule has 0 amide bonds. The van der Waals surface area contributed by atoms with E-state index in [0.717, 1.165) is 48.9 Å². The Labute approximate surface area is 148 Å². The smallest absolute Gasteiger partial charge is 0.139 e. The normalized spacial score (nSPS) is 25.0. The lowest BCUT2D eigenvalue weighted by Gasteiger charge is -2.20. The first kappa shape index (κ1) is 16.4. The Morgan fingerprint density at radius 3 is 3.04 bits per heavy atom. The van der Waals surface area contributed by atoms with Crippen molar-refractivity contribution in [2.75, 3.05) is 13.7 Å². The number of aryl methyl sites for hydroxylation is 1. The SMILES string of the molecule is COc1cc(CN[C@H]2CCO[C@@H]2c2nccn2C)c2c(c1)C[C@@H](C)O2. The van der Waals surface area contributed by atoms with Crippen LogP contribution in [0.2, 0.25) is 0 Å². The molecule has 0 radical (unpaired) electrons. The van der Waals surface area contributed by atoms with Crippen LogP contribution in [-0.2, 0) is 24.8 Å². The van der Waals surface area contributed by atoms with Gasteiger partial charge in [-0.05, 0) is 25.5 Å². The van der Waals surface area contributed by atoms with Gasteiger partial charge in [0.05, 0.1) is 7.11 Å². The van der Waals surface area contributed by atoms with Gasteiger partial charge in [-0.2, -0.15) is 0 Å². The van der Waals surface area contributed by atoms with Gasteiger partial charge in [0, 0.05) is 56.2 Å². The molecule has 1 N–H and O–H groups in total. The van der Waals surface area contributed by atoms with Crippen LogP contribution in [0, 0.1) is 0 Å². The molecule has 1 aromatic carbocycles. The number of ether oxygens (including phenoxy) is 3. The van der Waals surface area contributed by atoms with Crippen LogP contribution in [0.25, 0.3) is 0 Å². The van der Waals surface area contributed by atoms with Gasteiger partial charge in [-0.3, -0.25) is 0 Å². The molecule has 1 fully saturated rings. The zero-order chi connectivity index (χ0) is 17.4. The van der Waals surface area contributed by atoms with Gasteiger partial charge in [0.1, 0.15) is 29.5 Å². The number of benzene rings is 1. The third-order valence-corrected chi connectivity index (χ3v) is 5.04. The number of nitrogens with one attached hydrogen (secondary N) is 1. The number of aromatic nitrogens is 2. The number of hydrogen-bond acceptors (Lipinski definition) is 5. The molecule has 6 nitrogen and oxygen atoms in total. The number of imidazole rings is 1. The van der Waals surface area contributed by atoms with Gasteiger partial charge >= 0.3 is 0 Å². The van der Waals surface area contributed by atoms with Crippen molar-refractivity contribution in [2.45, 2.75) is 44.6 Å². The van der Waals surface area contributed by atoms with Gasteiger partial charge in [0.25, 0.3) is 0 Å². The molecule has 1 saturated heterocycles. The molecule has 134 valence electrons. The summed E-state index contributed by atoms with van der Waals surface area (Å²) in [5, 5.41) is 3.65. The first-order valence-electron chi connectivity index (χ1n) is 8.84. The van der Waals surface area contributed by atoms with Crippen LogP contribution in [0.15, 0.2) is 24.5 Å². The van der Waals surface area contributed by atoms with Crippen molar-refractivity contribution in [3.05, 3.63) is 41.5 Å². The summed E-state index contributed by atoms with van der Waals surface area (Å²) in [7, 11) is 3.71. The monoisotopic (exact) mass is 343 g/mol. The molecule has 1 aromatic heterocycles. The molecule has 3 atom stereocenters. The maximum Gasteiger partial charge on any atom is 0.139 e. The zero-order valence-electron chi connectivity index (χ0n) is 15.0. The Hall–Kier alpha value is -2.05. The lowest BCUT2D eigenvalue weighted by atomic mass is 10.0. The zero-order valence-corrected chi connectivity index (χ0v) is 15.0. The molecule has 0 unspecified atom stereocenters. The van der Waals surface area contributed by atoms with Crippen LogP contribution in [0.1, 0.15) is 36.4 Å². The van der Waals surface area contributed by atoms with Crippen molar-refractivity contribution in [3.8, 4) is 11.5 Å². The molecule has 0 aliphatic carbocycles. The van der Waals surface area contributed by atoms with Crippen molar-refractivity contribution in [1.82, 2.24) is 14.9 Å². The van der Waals surface area contributed by atoms with Gasteiger partial charge in [0.2, 0.25) is 0 Å². The fourth-order valence-corrected chi connectivity index (χ4v) is 3.77. The standard InChI is InChI=1S/C19H25N3O3/c1-12-8-13-9-15(23-3)10-14(17(13)25-12)11-21-16-4-7-24-18(16)19-20-5-6-22(19)2/h5-6,9-10,12,16,18,21H,4,7-8,11H2,1-3H3/t12-,16+,18+/m1/s1. The molecule has 6 heteroatoms. The number of nitrogens with zero attached hydrogens (tertiary/aromatic N) is 2. The summed E-state index contributed by atoms with van der Waals surface area (Å²) in [6.07, 6.45) is 5.88. The summed E-state index contributed by atoms with van der Waals surface area (Å²) >= 11 is 0. The molecule has 2 aliphatic rings. The van der Waals surface area contributed by atoms with Crippen LogP contribution in [0.5, 0.6) is 11.5 Å². The average Bonchev–Trinajstić information content (AvgIpc) is 3.30. The predicted octanol–water partition coefficient (Wildman–Crippen LogP) is 2.37. The Morgan fingerprint density at radius 1 is 1.40 bits per heavy atom. The van der Waals surface area contributed by atoms with Crippen molar-refractivity contribution in [3.63, 3.8) is 0 Å². The highest BCUT2D eigenvalue weighted by atomic mass is 16.5. The highest BCUT2D eigenvalue weighted by Crippen LogP contribution is 2.36. The van der Waals surface area contributed by atoms with Crippen molar-refractivity contribution < 1.29 is 14.2 Å². The van der Waals surface area contributed by atoms with Crippen LogP contribution in [-0.4, -0.2) is 35.4 Å². The molecule has 0 spiro atoms. The Morgan fingerprint density at radius 2 is 2.28 bits per heavy atom. The average molecular weight is 343 g/mol. The van der Waals surface area contributed by atoms with Crippen molar-refractivity contribution in [2.24, 2.45) is 7.05 Å². The van der Waals surface area contributed by atoms with Crippen LogP contribution >= 0.6 is 0 Å². The van der Waals surface area contributed by atoms with Gasteiger partial charge in [-0.1, -0.05) is 0 Å². The summed E-state index contributed by atoms with van der Waals surface area (Å²) in [6.45, 7) is 3.58.